The summed E-state index contributed by atoms with van der Waals surface area (Å²) < 4.78 is 0. The van der Waals surface area contributed by atoms with Crippen molar-refractivity contribution in [3.63, 3.8) is 0 Å². The zero-order chi connectivity index (χ0) is 16.3. The van der Waals surface area contributed by atoms with Crippen molar-refractivity contribution in [3.8, 4) is 0 Å². The van der Waals surface area contributed by atoms with Crippen molar-refractivity contribution in [1.29, 1.82) is 0 Å². The van der Waals surface area contributed by atoms with Gasteiger partial charge in [-0.1, -0.05) is 17.7 Å². The van der Waals surface area contributed by atoms with Gasteiger partial charge in [0.05, 0.1) is 5.41 Å². The van der Waals surface area contributed by atoms with Crippen molar-refractivity contribution in [2.24, 2.45) is 5.41 Å². The van der Waals surface area contributed by atoms with Crippen LogP contribution in [-0.2, 0) is 11.3 Å². The van der Waals surface area contributed by atoms with Gasteiger partial charge in [0.1, 0.15) is 0 Å². The Bertz CT molecular complexity index is 584. The van der Waals surface area contributed by atoms with Crippen LogP contribution in [0.1, 0.15) is 38.7 Å². The lowest BCUT2D eigenvalue weighted by atomic mass is 9.78. The van der Waals surface area contributed by atoms with E-state index in [0.29, 0.717) is 12.5 Å². The summed E-state index contributed by atoms with van der Waals surface area (Å²) in [4.78, 5) is 21.8. The van der Waals surface area contributed by atoms with Gasteiger partial charge in [-0.25, -0.2) is 0 Å². The maximum atomic E-state index is 13.1. The summed E-state index contributed by atoms with van der Waals surface area (Å²) in [6.07, 6.45) is 8.98. The third kappa shape index (κ3) is 3.47. The number of likely N-dealkylation sites (tertiary alicyclic amines) is 2. The molecule has 1 aromatic rings. The van der Waals surface area contributed by atoms with Gasteiger partial charge in [0.2, 0.25) is 5.91 Å². The van der Waals surface area contributed by atoms with Gasteiger partial charge in [-0.2, -0.15) is 0 Å². The van der Waals surface area contributed by atoms with Crippen molar-refractivity contribution >= 4 is 5.91 Å². The number of amides is 1. The van der Waals surface area contributed by atoms with E-state index in [-0.39, 0.29) is 5.41 Å². The molecule has 0 N–H and O–H groups in total. The Morgan fingerprint density at radius 2 is 2.26 bits per heavy atom. The molecule has 2 aliphatic rings. The van der Waals surface area contributed by atoms with Crippen molar-refractivity contribution in [2.45, 2.75) is 39.7 Å². The van der Waals surface area contributed by atoms with Crippen LogP contribution in [0.2, 0.25) is 0 Å². The molecular weight excluding hydrogens is 286 g/mol. The minimum atomic E-state index is -0.144. The van der Waals surface area contributed by atoms with Gasteiger partial charge in [-0.3, -0.25) is 14.7 Å². The van der Waals surface area contributed by atoms with Gasteiger partial charge in [-0.05, 0) is 51.3 Å². The third-order valence-corrected chi connectivity index (χ3v) is 5.32. The van der Waals surface area contributed by atoms with Gasteiger partial charge < -0.3 is 4.90 Å². The zero-order valence-electron chi connectivity index (χ0n) is 14.3. The number of carbonyl (C=O) groups is 1. The first kappa shape index (κ1) is 16.2. The minimum Gasteiger partial charge on any atom is -0.338 e. The second-order valence-electron chi connectivity index (χ2n) is 7.07. The van der Waals surface area contributed by atoms with Gasteiger partial charge in [0.15, 0.2) is 0 Å². The number of piperidine rings is 1. The van der Waals surface area contributed by atoms with E-state index in [9.17, 15) is 4.79 Å². The molecule has 23 heavy (non-hydrogen) atoms. The number of carbonyl (C=O) groups excluding carboxylic acids is 1. The van der Waals surface area contributed by atoms with E-state index >= 15 is 0 Å². The summed E-state index contributed by atoms with van der Waals surface area (Å²) in [5, 5.41) is 0. The van der Waals surface area contributed by atoms with Crippen LogP contribution in [-0.4, -0.2) is 46.9 Å². The number of hydrogen-bond donors (Lipinski definition) is 0. The Kier molecular flexibility index (Phi) is 4.81. The van der Waals surface area contributed by atoms with E-state index < -0.39 is 0 Å². The minimum absolute atomic E-state index is 0.144. The SMILES string of the molecule is C/C=C(\C)CN1CCC2(CCCN(Cc3cccnc3)C2=O)C1. The van der Waals surface area contributed by atoms with Crippen LogP contribution >= 0.6 is 0 Å². The maximum Gasteiger partial charge on any atom is 0.230 e. The lowest BCUT2D eigenvalue weighted by Gasteiger charge is -2.39. The van der Waals surface area contributed by atoms with Crippen molar-refractivity contribution in [1.82, 2.24) is 14.8 Å². The van der Waals surface area contributed by atoms with E-state index in [1.807, 2.05) is 17.2 Å². The summed E-state index contributed by atoms with van der Waals surface area (Å²) in [6, 6.07) is 3.99. The molecule has 1 aromatic heterocycles. The smallest absolute Gasteiger partial charge is 0.230 e. The van der Waals surface area contributed by atoms with Gasteiger partial charge in [-0.15, -0.1) is 0 Å². The van der Waals surface area contributed by atoms with E-state index in [2.05, 4.69) is 35.9 Å². The predicted octanol–water partition coefficient (Wildman–Crippen LogP) is 2.86. The molecule has 4 nitrogen and oxygen atoms in total. The number of aromatic nitrogens is 1. The molecule has 1 amide bonds. The monoisotopic (exact) mass is 313 g/mol. The van der Waals surface area contributed by atoms with Gasteiger partial charge in [0.25, 0.3) is 0 Å². The fourth-order valence-corrected chi connectivity index (χ4v) is 3.93. The van der Waals surface area contributed by atoms with Crippen molar-refractivity contribution in [3.05, 3.63) is 41.7 Å². The number of pyridine rings is 1. The summed E-state index contributed by atoms with van der Waals surface area (Å²) in [5.41, 5.74) is 2.36. The molecule has 2 aliphatic heterocycles. The largest absolute Gasteiger partial charge is 0.338 e. The highest BCUT2D eigenvalue weighted by molar-refractivity contribution is 5.84. The Hall–Kier alpha value is -1.68. The molecule has 0 saturated carbocycles. The fraction of sp³-hybridized carbons (Fsp3) is 0.579. The van der Waals surface area contributed by atoms with E-state index in [0.717, 1.165) is 51.0 Å². The Balaban J connectivity index is 1.68. The summed E-state index contributed by atoms with van der Waals surface area (Å²) in [6.45, 7) is 8.78. The number of allylic oxidation sites excluding steroid dienone is 1. The molecule has 1 spiro atoms. The lowest BCUT2D eigenvalue weighted by Crippen LogP contribution is -2.49. The van der Waals surface area contributed by atoms with Crippen molar-refractivity contribution in [2.75, 3.05) is 26.2 Å². The van der Waals surface area contributed by atoms with Gasteiger partial charge in [0, 0.05) is 38.6 Å². The molecule has 1 atom stereocenters. The first-order valence-electron chi connectivity index (χ1n) is 8.65. The first-order valence-corrected chi connectivity index (χ1v) is 8.65. The topological polar surface area (TPSA) is 36.4 Å². The first-order chi connectivity index (χ1) is 11.1. The molecule has 124 valence electrons. The number of rotatable bonds is 4. The highest BCUT2D eigenvalue weighted by Crippen LogP contribution is 2.40. The van der Waals surface area contributed by atoms with Crippen LogP contribution in [0.15, 0.2) is 36.2 Å². The van der Waals surface area contributed by atoms with E-state index in [4.69, 9.17) is 0 Å². The lowest BCUT2D eigenvalue weighted by molar-refractivity contribution is -0.146. The van der Waals surface area contributed by atoms with Crippen LogP contribution < -0.4 is 0 Å². The molecule has 1 unspecified atom stereocenters. The molecule has 3 heterocycles. The highest BCUT2D eigenvalue weighted by atomic mass is 16.2. The molecule has 0 radical (unpaired) electrons. The number of nitrogens with zero attached hydrogens (tertiary/aromatic N) is 3. The molecule has 0 aliphatic carbocycles. The average Bonchev–Trinajstić information content (AvgIpc) is 2.96. The summed E-state index contributed by atoms with van der Waals surface area (Å²) in [7, 11) is 0. The Morgan fingerprint density at radius 1 is 1.39 bits per heavy atom. The fourth-order valence-electron chi connectivity index (χ4n) is 3.93. The summed E-state index contributed by atoms with van der Waals surface area (Å²) >= 11 is 0. The molecule has 3 rings (SSSR count). The van der Waals surface area contributed by atoms with Crippen LogP contribution in [0.25, 0.3) is 0 Å². The molecule has 4 heteroatoms. The Labute approximate surface area is 139 Å². The molecule has 2 saturated heterocycles. The normalized spacial score (nSPS) is 26.3. The maximum absolute atomic E-state index is 13.1. The number of hydrogen-bond acceptors (Lipinski definition) is 3. The quantitative estimate of drug-likeness (QED) is 0.802. The average molecular weight is 313 g/mol. The highest BCUT2D eigenvalue weighted by Gasteiger charge is 2.48. The zero-order valence-corrected chi connectivity index (χ0v) is 14.3. The molecule has 2 fully saturated rings. The second kappa shape index (κ2) is 6.83. The predicted molar refractivity (Wildman–Crippen MR) is 91.8 cm³/mol. The third-order valence-electron chi connectivity index (χ3n) is 5.32. The van der Waals surface area contributed by atoms with Gasteiger partial charge >= 0.3 is 0 Å². The standard InChI is InChI=1S/C19H27N3O/c1-3-16(2)13-21-11-8-19(15-21)7-5-10-22(18(19)23)14-17-6-4-9-20-12-17/h3-4,6,9,12H,5,7-8,10-11,13-15H2,1-2H3/b16-3+. The Morgan fingerprint density at radius 3 is 3.00 bits per heavy atom. The van der Waals surface area contributed by atoms with Crippen LogP contribution in [0.4, 0.5) is 0 Å². The van der Waals surface area contributed by atoms with E-state index in [1.165, 1.54) is 5.57 Å². The van der Waals surface area contributed by atoms with Crippen molar-refractivity contribution < 1.29 is 4.79 Å². The van der Waals surface area contributed by atoms with E-state index in [1.54, 1.807) is 6.20 Å². The van der Waals surface area contributed by atoms with Crippen LogP contribution in [0.5, 0.6) is 0 Å². The molecular formula is C19H27N3O. The summed E-state index contributed by atoms with van der Waals surface area (Å²) in [5.74, 6) is 0.355. The molecule has 0 bridgehead atoms. The second-order valence-corrected chi connectivity index (χ2v) is 7.07. The molecule has 0 aromatic carbocycles. The van der Waals surface area contributed by atoms with Crippen LogP contribution in [0, 0.1) is 5.41 Å². The van der Waals surface area contributed by atoms with Crippen LogP contribution in [0.3, 0.4) is 0 Å².